The van der Waals surface area contributed by atoms with Crippen LogP contribution in [0.2, 0.25) is 5.02 Å². The Labute approximate surface area is 222 Å². The highest BCUT2D eigenvalue weighted by Gasteiger charge is 2.43. The van der Waals surface area contributed by atoms with Crippen LogP contribution in [0, 0.1) is 0 Å². The second-order valence-electron chi connectivity index (χ2n) is 8.30. The van der Waals surface area contributed by atoms with Gasteiger partial charge in [-0.1, -0.05) is 90.2 Å². The number of carbonyl (C=O) groups is 3. The van der Waals surface area contributed by atoms with Gasteiger partial charge in [0.1, 0.15) is 10.9 Å². The number of anilines is 2. The number of para-hydroxylation sites is 1. The largest absolute Gasteiger partial charge is 0.324 e. The van der Waals surface area contributed by atoms with Crippen molar-refractivity contribution in [3.8, 4) is 0 Å². The number of hydrogen-bond acceptors (Lipinski definition) is 5. The van der Waals surface area contributed by atoms with Gasteiger partial charge in [0, 0.05) is 16.3 Å². The van der Waals surface area contributed by atoms with Gasteiger partial charge >= 0.3 is 0 Å². The molecule has 2 aliphatic heterocycles. The van der Waals surface area contributed by atoms with Crippen LogP contribution in [0.3, 0.4) is 0 Å². The van der Waals surface area contributed by atoms with Crippen LogP contribution in [0.15, 0.2) is 83.8 Å². The van der Waals surface area contributed by atoms with E-state index in [1.54, 1.807) is 53.4 Å². The van der Waals surface area contributed by atoms with Gasteiger partial charge in [0.15, 0.2) is 0 Å². The molecule has 3 aromatic carbocycles. The van der Waals surface area contributed by atoms with E-state index in [0.717, 1.165) is 17.3 Å². The lowest BCUT2D eigenvalue weighted by Crippen LogP contribution is -2.35. The van der Waals surface area contributed by atoms with Gasteiger partial charge in [-0.05, 0) is 36.8 Å². The van der Waals surface area contributed by atoms with Crippen LogP contribution in [-0.2, 0) is 14.4 Å². The summed E-state index contributed by atoms with van der Waals surface area (Å²) < 4.78 is 0.390. The van der Waals surface area contributed by atoms with Crippen LogP contribution >= 0.6 is 35.6 Å². The van der Waals surface area contributed by atoms with Crippen LogP contribution in [-0.4, -0.2) is 33.5 Å². The summed E-state index contributed by atoms with van der Waals surface area (Å²) in [6, 6.07) is 23.2. The molecular formula is C27H20ClN3O3S2. The van der Waals surface area contributed by atoms with E-state index in [0.29, 0.717) is 26.3 Å². The molecule has 0 radical (unpaired) electrons. The highest BCUT2D eigenvalue weighted by atomic mass is 35.5. The zero-order valence-corrected chi connectivity index (χ0v) is 21.5. The van der Waals surface area contributed by atoms with Crippen LogP contribution < -0.4 is 10.2 Å². The fourth-order valence-corrected chi connectivity index (χ4v) is 5.99. The third kappa shape index (κ3) is 4.43. The molecule has 0 unspecified atom stereocenters. The van der Waals surface area contributed by atoms with E-state index in [-0.39, 0.29) is 34.9 Å². The number of thioether (sulfide) groups is 1. The number of rotatable bonds is 5. The van der Waals surface area contributed by atoms with Crippen molar-refractivity contribution >= 4 is 74.6 Å². The van der Waals surface area contributed by atoms with Gasteiger partial charge in [-0.25, -0.2) is 0 Å². The lowest BCUT2D eigenvalue weighted by atomic mass is 10.1. The summed E-state index contributed by atoms with van der Waals surface area (Å²) in [5.41, 5.74) is 2.91. The number of halogens is 1. The molecule has 0 aliphatic carbocycles. The van der Waals surface area contributed by atoms with Crippen LogP contribution in [0.4, 0.5) is 11.4 Å². The summed E-state index contributed by atoms with van der Waals surface area (Å²) in [6.07, 6.45) is 0. The molecule has 3 amide bonds. The van der Waals surface area contributed by atoms with Gasteiger partial charge in [-0.2, -0.15) is 0 Å². The van der Waals surface area contributed by atoms with Gasteiger partial charge < -0.3 is 5.32 Å². The second kappa shape index (κ2) is 9.89. The zero-order valence-electron chi connectivity index (χ0n) is 19.1. The van der Waals surface area contributed by atoms with Crippen molar-refractivity contribution in [2.24, 2.45) is 0 Å². The molecule has 1 fully saturated rings. The molecule has 5 rings (SSSR count). The summed E-state index contributed by atoms with van der Waals surface area (Å²) in [5.74, 6) is -1.11. The summed E-state index contributed by atoms with van der Waals surface area (Å²) in [5, 5.41) is 3.26. The Morgan fingerprint density at radius 3 is 2.47 bits per heavy atom. The smallest absolute Gasteiger partial charge is 0.267 e. The lowest BCUT2D eigenvalue weighted by molar-refractivity contribution is -0.123. The maximum Gasteiger partial charge on any atom is 0.267 e. The molecule has 0 saturated carbocycles. The highest BCUT2D eigenvalue weighted by molar-refractivity contribution is 8.26. The third-order valence-electron chi connectivity index (χ3n) is 6.03. The van der Waals surface area contributed by atoms with Crippen molar-refractivity contribution in [2.45, 2.75) is 13.0 Å². The Morgan fingerprint density at radius 2 is 1.72 bits per heavy atom. The number of amides is 3. The fourth-order valence-electron chi connectivity index (χ4n) is 4.31. The van der Waals surface area contributed by atoms with Gasteiger partial charge in [0.05, 0.1) is 22.2 Å². The van der Waals surface area contributed by atoms with E-state index in [1.807, 2.05) is 37.3 Å². The van der Waals surface area contributed by atoms with E-state index in [9.17, 15) is 14.4 Å². The minimum Gasteiger partial charge on any atom is -0.324 e. The van der Waals surface area contributed by atoms with Gasteiger partial charge in [0.2, 0.25) is 5.91 Å². The van der Waals surface area contributed by atoms with E-state index in [2.05, 4.69) is 5.32 Å². The number of carbonyl (C=O) groups excluding carboxylic acids is 3. The third-order valence-corrected chi connectivity index (χ3v) is 7.66. The van der Waals surface area contributed by atoms with Gasteiger partial charge in [0.25, 0.3) is 11.8 Å². The minimum atomic E-state index is -0.412. The van der Waals surface area contributed by atoms with Crippen LogP contribution in [0.25, 0.3) is 5.57 Å². The Kier molecular flexibility index (Phi) is 6.66. The van der Waals surface area contributed by atoms with Crippen molar-refractivity contribution in [1.82, 2.24) is 4.90 Å². The number of benzene rings is 3. The van der Waals surface area contributed by atoms with Gasteiger partial charge in [-0.3, -0.25) is 24.2 Å². The molecule has 9 heteroatoms. The van der Waals surface area contributed by atoms with Crippen molar-refractivity contribution in [3.63, 3.8) is 0 Å². The quantitative estimate of drug-likeness (QED) is 0.338. The first kappa shape index (κ1) is 24.2. The Balaban J connectivity index is 1.46. The number of thiocarbonyl (C=S) groups is 1. The van der Waals surface area contributed by atoms with Crippen molar-refractivity contribution < 1.29 is 14.4 Å². The number of nitrogens with one attached hydrogen (secondary N) is 1. The zero-order chi connectivity index (χ0) is 25.4. The van der Waals surface area contributed by atoms with E-state index >= 15 is 0 Å². The summed E-state index contributed by atoms with van der Waals surface area (Å²) >= 11 is 12.7. The molecule has 2 aliphatic rings. The average molecular weight is 534 g/mol. The topological polar surface area (TPSA) is 69.7 Å². The molecule has 0 aromatic heterocycles. The number of nitrogens with zero attached hydrogens (tertiary/aromatic N) is 2. The van der Waals surface area contributed by atoms with Crippen molar-refractivity contribution in [2.75, 3.05) is 16.8 Å². The summed E-state index contributed by atoms with van der Waals surface area (Å²) in [7, 11) is 0. The maximum absolute atomic E-state index is 13.6. The SMILES string of the molecule is C[C@@H](c1ccccc1)N1C(=O)/C(=C2\C(=O)N(CC(=O)Nc3cccc(Cl)c3)c3ccccc32)SC1=S. The lowest BCUT2D eigenvalue weighted by Gasteiger charge is -2.23. The van der Waals surface area contributed by atoms with E-state index in [4.69, 9.17) is 23.8 Å². The molecule has 36 heavy (non-hydrogen) atoms. The number of hydrogen-bond donors (Lipinski definition) is 1. The molecular weight excluding hydrogens is 514 g/mol. The molecule has 0 bridgehead atoms. The predicted molar refractivity (Wildman–Crippen MR) is 148 cm³/mol. The van der Waals surface area contributed by atoms with E-state index < -0.39 is 5.91 Å². The number of fused-ring (bicyclic) bond motifs is 1. The minimum absolute atomic E-state index is 0.216. The fraction of sp³-hybridized carbons (Fsp3) is 0.111. The second-order valence-corrected chi connectivity index (χ2v) is 10.4. The van der Waals surface area contributed by atoms with Crippen LogP contribution in [0.5, 0.6) is 0 Å². The standard InChI is InChI=1S/C27H20ClN3O3S2/c1-16(17-8-3-2-4-9-17)31-26(34)24(36-27(31)35)23-20-12-5-6-13-21(20)30(25(23)33)15-22(32)29-19-11-7-10-18(28)14-19/h2-14,16H,15H2,1H3,(H,29,32)/b24-23+/t16-/m0/s1. The molecule has 1 atom stereocenters. The highest BCUT2D eigenvalue weighted by Crippen LogP contribution is 2.46. The average Bonchev–Trinajstić information content (AvgIpc) is 3.31. The van der Waals surface area contributed by atoms with Crippen molar-refractivity contribution in [1.29, 1.82) is 0 Å². The molecule has 0 spiro atoms. The molecule has 1 N–H and O–H groups in total. The van der Waals surface area contributed by atoms with Crippen molar-refractivity contribution in [3.05, 3.63) is 99.9 Å². The molecule has 180 valence electrons. The molecule has 1 saturated heterocycles. The summed E-state index contributed by atoms with van der Waals surface area (Å²) in [6.45, 7) is 1.69. The first-order valence-corrected chi connectivity index (χ1v) is 12.8. The Hall–Kier alpha value is -3.46. The maximum atomic E-state index is 13.6. The predicted octanol–water partition coefficient (Wildman–Crippen LogP) is 5.66. The molecule has 6 nitrogen and oxygen atoms in total. The molecule has 2 heterocycles. The Bertz CT molecular complexity index is 1440. The first-order valence-electron chi connectivity index (χ1n) is 11.2. The van der Waals surface area contributed by atoms with E-state index in [1.165, 1.54) is 4.90 Å². The van der Waals surface area contributed by atoms with Gasteiger partial charge in [-0.15, -0.1) is 0 Å². The summed E-state index contributed by atoms with van der Waals surface area (Å²) in [4.78, 5) is 43.2. The monoisotopic (exact) mass is 533 g/mol. The first-order chi connectivity index (χ1) is 17.3. The normalized spacial score (nSPS) is 18.0. The Morgan fingerprint density at radius 1 is 1.00 bits per heavy atom. The van der Waals surface area contributed by atoms with Crippen LogP contribution in [0.1, 0.15) is 24.1 Å². The molecule has 3 aromatic rings.